The standard InChI is InChI=1S/C21H27FN2O8/c1-12-5-6-13(15(22)11-12)3-2-4-14(25)7-8-16(19(28)29)23-21(32)24-17(20(30)31)9-10-18(26)27/h5-6,11,16-17H,2-4,7-10H2,1H3,(H,26,27)(H,28,29)(H,30,31)(H2,23,24,32)/t16-,17-/m0/s1. The van der Waals surface area contributed by atoms with Gasteiger partial charge in [-0.1, -0.05) is 12.1 Å². The minimum atomic E-state index is -1.51. The van der Waals surface area contributed by atoms with Gasteiger partial charge in [0.25, 0.3) is 0 Å². The minimum absolute atomic E-state index is 0.113. The number of hydrogen-bond acceptors (Lipinski definition) is 5. The van der Waals surface area contributed by atoms with Crippen molar-refractivity contribution in [1.29, 1.82) is 0 Å². The topological polar surface area (TPSA) is 170 Å². The van der Waals surface area contributed by atoms with Crippen LogP contribution in [0.3, 0.4) is 0 Å². The van der Waals surface area contributed by atoms with Crippen molar-refractivity contribution in [2.45, 2.75) is 64.0 Å². The lowest BCUT2D eigenvalue weighted by atomic mass is 10.0. The molecule has 0 saturated carbocycles. The molecule has 0 aliphatic carbocycles. The molecule has 32 heavy (non-hydrogen) atoms. The number of carbonyl (C=O) groups excluding carboxylic acids is 2. The molecule has 0 radical (unpaired) electrons. The van der Waals surface area contributed by atoms with Crippen molar-refractivity contribution >= 4 is 29.7 Å². The van der Waals surface area contributed by atoms with Gasteiger partial charge in [-0.2, -0.15) is 0 Å². The van der Waals surface area contributed by atoms with Crippen molar-refractivity contribution in [3.8, 4) is 0 Å². The zero-order valence-electron chi connectivity index (χ0n) is 17.6. The summed E-state index contributed by atoms with van der Waals surface area (Å²) in [6.45, 7) is 1.77. The van der Waals surface area contributed by atoms with Crippen molar-refractivity contribution in [2.75, 3.05) is 0 Å². The summed E-state index contributed by atoms with van der Waals surface area (Å²) >= 11 is 0. The van der Waals surface area contributed by atoms with Crippen molar-refractivity contribution in [2.24, 2.45) is 0 Å². The van der Waals surface area contributed by atoms with Gasteiger partial charge in [0.15, 0.2) is 0 Å². The van der Waals surface area contributed by atoms with Crippen LogP contribution in [0.4, 0.5) is 9.18 Å². The van der Waals surface area contributed by atoms with E-state index in [1.807, 2.05) is 5.32 Å². The summed E-state index contributed by atoms with van der Waals surface area (Å²) in [5, 5.41) is 31.0. The predicted molar refractivity (Wildman–Crippen MR) is 110 cm³/mol. The maximum Gasteiger partial charge on any atom is 0.326 e. The number of amides is 2. The maximum absolute atomic E-state index is 13.8. The Bertz CT molecular complexity index is 858. The van der Waals surface area contributed by atoms with Gasteiger partial charge in [0.2, 0.25) is 0 Å². The number of carboxylic acid groups (broad SMARTS) is 3. The first-order valence-electron chi connectivity index (χ1n) is 10.0. The molecule has 2 amide bonds. The number of halogens is 1. The summed E-state index contributed by atoms with van der Waals surface area (Å²) in [5.41, 5.74) is 1.27. The molecule has 0 aromatic heterocycles. The highest BCUT2D eigenvalue weighted by Crippen LogP contribution is 2.13. The largest absolute Gasteiger partial charge is 0.481 e. The molecule has 0 fully saturated rings. The van der Waals surface area contributed by atoms with Crippen molar-refractivity contribution in [1.82, 2.24) is 10.6 Å². The van der Waals surface area contributed by atoms with Crippen LogP contribution in [-0.2, 0) is 25.6 Å². The van der Waals surface area contributed by atoms with Gasteiger partial charge in [-0.05, 0) is 49.8 Å². The van der Waals surface area contributed by atoms with Gasteiger partial charge in [-0.3, -0.25) is 9.59 Å². The molecule has 0 saturated heterocycles. The van der Waals surface area contributed by atoms with Crippen LogP contribution < -0.4 is 10.6 Å². The highest BCUT2D eigenvalue weighted by atomic mass is 19.1. The fraction of sp³-hybridized carbons (Fsp3) is 0.476. The second-order valence-electron chi connectivity index (χ2n) is 7.36. The lowest BCUT2D eigenvalue weighted by Crippen LogP contribution is -2.51. The third-order valence-electron chi connectivity index (χ3n) is 4.68. The lowest BCUT2D eigenvalue weighted by molar-refractivity contribution is -0.141. The normalized spacial score (nSPS) is 12.4. The number of aliphatic carboxylic acids is 3. The summed E-state index contributed by atoms with van der Waals surface area (Å²) in [6.07, 6.45) is -0.386. The van der Waals surface area contributed by atoms with Gasteiger partial charge >= 0.3 is 23.9 Å². The van der Waals surface area contributed by atoms with E-state index < -0.39 is 42.4 Å². The van der Waals surface area contributed by atoms with Crippen molar-refractivity contribution < 1.29 is 43.7 Å². The second kappa shape index (κ2) is 13.0. The first-order chi connectivity index (χ1) is 15.0. The van der Waals surface area contributed by atoms with Crippen molar-refractivity contribution in [3.63, 3.8) is 0 Å². The van der Waals surface area contributed by atoms with Gasteiger partial charge in [0.1, 0.15) is 23.7 Å². The quantitative estimate of drug-likeness (QED) is 0.284. The van der Waals surface area contributed by atoms with Crippen LogP contribution in [0.15, 0.2) is 18.2 Å². The summed E-state index contributed by atoms with van der Waals surface area (Å²) in [6, 6.07) is 0.774. The molecule has 1 rings (SSSR count). The van der Waals surface area contributed by atoms with Crippen LogP contribution in [0.2, 0.25) is 0 Å². The number of benzene rings is 1. The molecule has 0 unspecified atom stereocenters. The number of hydrogen-bond donors (Lipinski definition) is 5. The molecule has 5 N–H and O–H groups in total. The van der Waals surface area contributed by atoms with Crippen LogP contribution in [-0.4, -0.2) is 57.1 Å². The zero-order valence-corrected chi connectivity index (χ0v) is 17.6. The smallest absolute Gasteiger partial charge is 0.326 e. The summed E-state index contributed by atoms with van der Waals surface area (Å²) < 4.78 is 13.8. The highest BCUT2D eigenvalue weighted by Gasteiger charge is 2.25. The molecular weight excluding hydrogens is 427 g/mol. The number of rotatable bonds is 14. The molecule has 2 atom stereocenters. The van der Waals surface area contributed by atoms with Crippen LogP contribution in [0.1, 0.15) is 49.7 Å². The third-order valence-corrected chi connectivity index (χ3v) is 4.68. The number of Topliss-reactive ketones (excluding diaryl/α,β-unsaturated/α-hetero) is 1. The number of nitrogens with one attached hydrogen (secondary N) is 2. The Morgan fingerprint density at radius 2 is 1.47 bits per heavy atom. The van der Waals surface area contributed by atoms with Crippen LogP contribution >= 0.6 is 0 Å². The van der Waals surface area contributed by atoms with Crippen LogP contribution in [0.25, 0.3) is 0 Å². The molecule has 11 heteroatoms. The van der Waals surface area contributed by atoms with E-state index in [4.69, 9.17) is 10.2 Å². The summed E-state index contributed by atoms with van der Waals surface area (Å²) in [7, 11) is 0. The Hall–Kier alpha value is -3.50. The van der Waals surface area contributed by atoms with Gasteiger partial charge in [0, 0.05) is 19.3 Å². The lowest BCUT2D eigenvalue weighted by Gasteiger charge is -2.18. The first kappa shape index (κ1) is 26.5. The number of ketones is 1. The van der Waals surface area contributed by atoms with E-state index in [0.29, 0.717) is 18.4 Å². The Labute approximate surface area is 183 Å². The van der Waals surface area contributed by atoms with Gasteiger partial charge < -0.3 is 26.0 Å². The molecule has 176 valence electrons. The third kappa shape index (κ3) is 10.0. The fourth-order valence-corrected chi connectivity index (χ4v) is 2.90. The molecule has 0 heterocycles. The van der Waals surface area contributed by atoms with E-state index in [9.17, 15) is 33.5 Å². The van der Waals surface area contributed by atoms with Crippen LogP contribution in [0.5, 0.6) is 0 Å². The molecule has 0 spiro atoms. The van der Waals surface area contributed by atoms with Gasteiger partial charge in [-0.15, -0.1) is 0 Å². The number of aryl methyl sites for hydroxylation is 2. The molecular formula is C21H27FN2O8. The molecule has 0 aliphatic rings. The average Bonchev–Trinajstić information content (AvgIpc) is 2.69. The summed E-state index contributed by atoms with van der Waals surface area (Å²) in [4.78, 5) is 57.0. The summed E-state index contributed by atoms with van der Waals surface area (Å²) in [5.74, 6) is -4.72. The second-order valence-corrected chi connectivity index (χ2v) is 7.36. The Morgan fingerprint density at radius 3 is 1.97 bits per heavy atom. The number of urea groups is 1. The van der Waals surface area contributed by atoms with E-state index in [1.54, 1.807) is 19.1 Å². The van der Waals surface area contributed by atoms with E-state index in [1.165, 1.54) is 6.07 Å². The Balaban J connectivity index is 2.48. The molecule has 1 aromatic carbocycles. The fourth-order valence-electron chi connectivity index (χ4n) is 2.90. The average molecular weight is 454 g/mol. The Kier molecular flexibility index (Phi) is 10.8. The molecule has 0 bridgehead atoms. The number of carboxylic acids is 3. The first-order valence-corrected chi connectivity index (χ1v) is 10.0. The Morgan fingerprint density at radius 1 is 0.906 bits per heavy atom. The van der Waals surface area contributed by atoms with E-state index >= 15 is 0 Å². The molecule has 1 aromatic rings. The monoisotopic (exact) mass is 454 g/mol. The van der Waals surface area contributed by atoms with E-state index in [0.717, 1.165) is 5.56 Å². The van der Waals surface area contributed by atoms with Gasteiger partial charge in [0.05, 0.1) is 0 Å². The SMILES string of the molecule is Cc1ccc(CCCC(=O)CC[C@H](NC(=O)N[C@@H](CCC(=O)O)C(=O)O)C(=O)O)c(F)c1. The number of carbonyl (C=O) groups is 5. The van der Waals surface area contributed by atoms with Crippen molar-refractivity contribution in [3.05, 3.63) is 35.1 Å². The molecule has 0 aliphatic heterocycles. The maximum atomic E-state index is 13.8. The highest BCUT2D eigenvalue weighted by molar-refractivity contribution is 5.87. The van der Waals surface area contributed by atoms with Gasteiger partial charge in [-0.25, -0.2) is 18.8 Å². The van der Waals surface area contributed by atoms with E-state index in [2.05, 4.69) is 5.32 Å². The van der Waals surface area contributed by atoms with Crippen LogP contribution in [0, 0.1) is 12.7 Å². The minimum Gasteiger partial charge on any atom is -0.481 e. The molecule has 10 nitrogen and oxygen atoms in total. The van der Waals surface area contributed by atoms with E-state index in [-0.39, 0.29) is 37.3 Å². The predicted octanol–water partition coefficient (Wildman–Crippen LogP) is 1.88. The zero-order chi connectivity index (χ0) is 24.3.